The Labute approximate surface area is 122 Å². The monoisotopic (exact) mass is 300 g/mol. The van der Waals surface area contributed by atoms with E-state index in [9.17, 15) is 9.59 Å². The molecule has 1 atom stereocenters. The Morgan fingerprint density at radius 3 is 2.68 bits per heavy atom. The second-order valence-corrected chi connectivity index (χ2v) is 5.33. The molecule has 0 aromatic heterocycles. The van der Waals surface area contributed by atoms with Crippen LogP contribution in [0, 0.1) is 0 Å². The fourth-order valence-corrected chi connectivity index (χ4v) is 2.43. The molecule has 0 saturated carbocycles. The van der Waals surface area contributed by atoms with Gasteiger partial charge < -0.3 is 10.6 Å². The lowest BCUT2D eigenvalue weighted by atomic mass is 10.3. The lowest BCUT2D eigenvalue weighted by molar-refractivity contribution is -0.127. The van der Waals surface area contributed by atoms with Gasteiger partial charge in [-0.1, -0.05) is 23.7 Å². The molecule has 1 unspecified atom stereocenters. The van der Waals surface area contributed by atoms with Crippen LogP contribution < -0.4 is 10.6 Å². The summed E-state index contributed by atoms with van der Waals surface area (Å²) in [5.74, 6) is -0.143. The maximum Gasteiger partial charge on any atom is 0.242 e. The molecular weight excluding hydrogens is 284 g/mol. The van der Waals surface area contributed by atoms with Crippen LogP contribution in [0.4, 0.5) is 0 Å². The second kappa shape index (κ2) is 8.07. The number of carbonyl (C=O) groups is 2. The molecule has 0 radical (unpaired) electrons. The number of amides is 2. The Bertz CT molecular complexity index is 454. The number of hydrogen-bond acceptors (Lipinski definition) is 3. The third kappa shape index (κ3) is 5.53. The summed E-state index contributed by atoms with van der Waals surface area (Å²) in [4.78, 5) is 24.0. The average Bonchev–Trinajstić information content (AvgIpc) is 2.38. The van der Waals surface area contributed by atoms with Gasteiger partial charge in [-0.3, -0.25) is 9.59 Å². The van der Waals surface area contributed by atoms with Gasteiger partial charge in [-0.25, -0.2) is 0 Å². The normalized spacial score (nSPS) is 11.7. The summed E-state index contributed by atoms with van der Waals surface area (Å²) in [6.45, 7) is 4.04. The van der Waals surface area contributed by atoms with E-state index in [0.717, 1.165) is 4.90 Å². The summed E-state index contributed by atoms with van der Waals surface area (Å²) in [5, 5.41) is 5.91. The highest BCUT2D eigenvalue weighted by Crippen LogP contribution is 2.26. The lowest BCUT2D eigenvalue weighted by Gasteiger charge is -2.13. The summed E-state index contributed by atoms with van der Waals surface area (Å²) < 4.78 is 0. The minimum atomic E-state index is -0.528. The molecule has 1 aromatic carbocycles. The molecule has 2 N–H and O–H groups in total. The van der Waals surface area contributed by atoms with Crippen molar-refractivity contribution in [2.24, 2.45) is 0 Å². The topological polar surface area (TPSA) is 58.2 Å². The molecule has 1 rings (SSSR count). The second-order valence-electron chi connectivity index (χ2n) is 3.90. The van der Waals surface area contributed by atoms with Gasteiger partial charge in [0, 0.05) is 11.4 Å². The lowest BCUT2D eigenvalue weighted by Crippen LogP contribution is -2.45. The van der Waals surface area contributed by atoms with Crippen molar-refractivity contribution in [2.45, 2.75) is 24.8 Å². The van der Waals surface area contributed by atoms with Crippen molar-refractivity contribution >= 4 is 35.2 Å². The average molecular weight is 301 g/mol. The van der Waals surface area contributed by atoms with Crippen LogP contribution in [0.15, 0.2) is 29.2 Å². The predicted molar refractivity (Wildman–Crippen MR) is 78.5 cm³/mol. The van der Waals surface area contributed by atoms with Crippen LogP contribution in [0.25, 0.3) is 0 Å². The molecule has 4 nitrogen and oxygen atoms in total. The Hall–Kier alpha value is -1.20. The van der Waals surface area contributed by atoms with Gasteiger partial charge in [-0.05, 0) is 26.0 Å². The zero-order valence-corrected chi connectivity index (χ0v) is 12.5. The van der Waals surface area contributed by atoms with Gasteiger partial charge in [-0.2, -0.15) is 0 Å². The largest absolute Gasteiger partial charge is 0.355 e. The molecular formula is C13H17ClN2O2S. The van der Waals surface area contributed by atoms with Gasteiger partial charge in [0.05, 0.1) is 10.8 Å². The van der Waals surface area contributed by atoms with E-state index in [1.54, 1.807) is 13.0 Å². The highest BCUT2D eigenvalue weighted by atomic mass is 35.5. The number of nitrogens with one attached hydrogen (secondary N) is 2. The first kappa shape index (κ1) is 15.9. The van der Waals surface area contributed by atoms with Crippen molar-refractivity contribution in [3.8, 4) is 0 Å². The molecule has 1 aromatic rings. The predicted octanol–water partition coefficient (Wildman–Crippen LogP) is 2.07. The molecule has 2 amide bonds. The Morgan fingerprint density at radius 2 is 2.05 bits per heavy atom. The van der Waals surface area contributed by atoms with E-state index in [-0.39, 0.29) is 17.6 Å². The number of likely N-dealkylation sites (N-methyl/N-ethyl adjacent to an activating group) is 1. The maximum atomic E-state index is 11.7. The molecule has 0 saturated heterocycles. The van der Waals surface area contributed by atoms with Crippen LogP contribution in [0.2, 0.25) is 5.02 Å². The van der Waals surface area contributed by atoms with Gasteiger partial charge >= 0.3 is 0 Å². The molecule has 0 aliphatic carbocycles. The molecule has 6 heteroatoms. The van der Waals surface area contributed by atoms with Gasteiger partial charge in [0.25, 0.3) is 0 Å². The number of benzene rings is 1. The molecule has 0 fully saturated rings. The van der Waals surface area contributed by atoms with E-state index in [2.05, 4.69) is 10.6 Å². The van der Waals surface area contributed by atoms with Crippen LogP contribution in [0.1, 0.15) is 13.8 Å². The number of rotatable bonds is 6. The maximum absolute atomic E-state index is 11.7. The van der Waals surface area contributed by atoms with E-state index < -0.39 is 6.04 Å². The third-order valence-electron chi connectivity index (χ3n) is 2.32. The highest BCUT2D eigenvalue weighted by Gasteiger charge is 2.14. The number of carbonyl (C=O) groups excluding carboxylic acids is 2. The van der Waals surface area contributed by atoms with Crippen molar-refractivity contribution in [3.05, 3.63) is 29.3 Å². The Morgan fingerprint density at radius 1 is 1.37 bits per heavy atom. The van der Waals surface area contributed by atoms with Crippen molar-refractivity contribution < 1.29 is 9.59 Å². The van der Waals surface area contributed by atoms with Crippen LogP contribution in [0.3, 0.4) is 0 Å². The zero-order chi connectivity index (χ0) is 14.3. The van der Waals surface area contributed by atoms with Gasteiger partial charge in [-0.15, -0.1) is 11.8 Å². The van der Waals surface area contributed by atoms with E-state index in [0.29, 0.717) is 11.6 Å². The molecule has 19 heavy (non-hydrogen) atoms. The quantitative estimate of drug-likeness (QED) is 0.791. The standard InChI is InChI=1S/C13H17ClN2O2S/c1-3-15-13(18)9(2)16-12(17)8-19-11-7-5-4-6-10(11)14/h4-7,9H,3,8H2,1-2H3,(H,15,18)(H,16,17). The van der Waals surface area contributed by atoms with Crippen molar-refractivity contribution in [2.75, 3.05) is 12.3 Å². The van der Waals surface area contributed by atoms with Crippen LogP contribution >= 0.6 is 23.4 Å². The third-order valence-corrected chi connectivity index (χ3v) is 3.83. The van der Waals surface area contributed by atoms with Crippen molar-refractivity contribution in [3.63, 3.8) is 0 Å². The summed E-state index contributed by atoms with van der Waals surface area (Å²) in [5.41, 5.74) is 0. The van der Waals surface area contributed by atoms with E-state index >= 15 is 0 Å². The van der Waals surface area contributed by atoms with Crippen LogP contribution in [-0.2, 0) is 9.59 Å². The van der Waals surface area contributed by atoms with Gasteiger partial charge in [0.15, 0.2) is 0 Å². The zero-order valence-electron chi connectivity index (χ0n) is 10.9. The molecule has 0 aliphatic rings. The molecule has 0 aliphatic heterocycles. The van der Waals surface area contributed by atoms with Crippen molar-refractivity contribution in [1.29, 1.82) is 0 Å². The SMILES string of the molecule is CCNC(=O)C(C)NC(=O)CSc1ccccc1Cl. The molecule has 0 heterocycles. The summed E-state index contributed by atoms with van der Waals surface area (Å²) in [6, 6.07) is 6.80. The van der Waals surface area contributed by atoms with Gasteiger partial charge in [0.2, 0.25) is 11.8 Å². The van der Waals surface area contributed by atoms with Crippen molar-refractivity contribution in [1.82, 2.24) is 10.6 Å². The van der Waals surface area contributed by atoms with E-state index in [1.165, 1.54) is 11.8 Å². The minimum absolute atomic E-state index is 0.182. The highest BCUT2D eigenvalue weighted by molar-refractivity contribution is 8.00. The molecule has 0 spiro atoms. The Balaban J connectivity index is 2.40. The first-order valence-corrected chi connectivity index (χ1v) is 7.35. The smallest absolute Gasteiger partial charge is 0.242 e. The number of hydrogen-bond donors (Lipinski definition) is 2. The molecule has 104 valence electrons. The van der Waals surface area contributed by atoms with Crippen LogP contribution in [0.5, 0.6) is 0 Å². The number of halogens is 1. The first-order chi connectivity index (χ1) is 9.04. The summed E-state index contributed by atoms with van der Waals surface area (Å²) in [6.07, 6.45) is 0. The van der Waals surface area contributed by atoms with Gasteiger partial charge in [0.1, 0.15) is 6.04 Å². The Kier molecular flexibility index (Phi) is 6.73. The van der Waals surface area contributed by atoms with E-state index in [4.69, 9.17) is 11.6 Å². The van der Waals surface area contributed by atoms with Crippen LogP contribution in [-0.4, -0.2) is 30.2 Å². The summed E-state index contributed by atoms with van der Waals surface area (Å²) in [7, 11) is 0. The molecule has 0 bridgehead atoms. The summed E-state index contributed by atoms with van der Waals surface area (Å²) >= 11 is 7.33. The first-order valence-electron chi connectivity index (χ1n) is 5.99. The fraction of sp³-hybridized carbons (Fsp3) is 0.385. The number of thioether (sulfide) groups is 1. The fourth-order valence-electron chi connectivity index (χ4n) is 1.38. The van der Waals surface area contributed by atoms with E-state index in [1.807, 2.05) is 25.1 Å². The minimum Gasteiger partial charge on any atom is -0.355 e.